The molecule has 1 saturated carbocycles. The predicted molar refractivity (Wildman–Crippen MR) is 134 cm³/mol. The molecular weight excluding hydrogens is 430 g/mol. The molecular formula is C27H43N3O4. The zero-order valence-electron chi connectivity index (χ0n) is 21.8. The molecule has 3 amide bonds. The Morgan fingerprint density at radius 3 is 2.26 bits per heavy atom. The van der Waals surface area contributed by atoms with Crippen LogP contribution in [0.1, 0.15) is 79.3 Å². The molecule has 7 heteroatoms. The molecule has 190 valence electrons. The van der Waals surface area contributed by atoms with Crippen molar-refractivity contribution in [2.75, 3.05) is 6.54 Å². The van der Waals surface area contributed by atoms with E-state index in [0.717, 1.165) is 24.8 Å². The van der Waals surface area contributed by atoms with Crippen LogP contribution < -0.4 is 16.0 Å². The molecule has 3 N–H and O–H groups in total. The quantitative estimate of drug-likeness (QED) is 0.515. The lowest BCUT2D eigenvalue weighted by atomic mass is 9.70. The van der Waals surface area contributed by atoms with Gasteiger partial charge in [-0.3, -0.25) is 9.59 Å². The van der Waals surface area contributed by atoms with Crippen LogP contribution in [0, 0.1) is 23.7 Å². The Morgan fingerprint density at radius 2 is 1.68 bits per heavy atom. The summed E-state index contributed by atoms with van der Waals surface area (Å²) < 4.78 is 5.25. The van der Waals surface area contributed by atoms with Crippen molar-refractivity contribution in [2.24, 2.45) is 23.7 Å². The fourth-order valence-corrected chi connectivity index (χ4v) is 4.62. The highest BCUT2D eigenvalue weighted by molar-refractivity contribution is 5.85. The Labute approximate surface area is 204 Å². The van der Waals surface area contributed by atoms with E-state index in [4.69, 9.17) is 4.74 Å². The third kappa shape index (κ3) is 8.65. The second-order valence-corrected chi connectivity index (χ2v) is 11.0. The zero-order chi connectivity index (χ0) is 25.5. The lowest BCUT2D eigenvalue weighted by molar-refractivity contribution is -0.130. The smallest absolute Gasteiger partial charge is 0.408 e. The first-order valence-electron chi connectivity index (χ1n) is 12.5. The van der Waals surface area contributed by atoms with Crippen LogP contribution in [0.2, 0.25) is 0 Å². The summed E-state index contributed by atoms with van der Waals surface area (Å²) in [6.45, 7) is 13.8. The van der Waals surface area contributed by atoms with Crippen molar-refractivity contribution in [1.82, 2.24) is 16.0 Å². The molecule has 1 aliphatic carbocycles. The number of rotatable bonds is 8. The second-order valence-electron chi connectivity index (χ2n) is 11.0. The van der Waals surface area contributed by atoms with Gasteiger partial charge >= 0.3 is 6.09 Å². The van der Waals surface area contributed by atoms with E-state index in [1.807, 2.05) is 30.3 Å². The lowest BCUT2D eigenvalue weighted by Gasteiger charge is -2.36. The summed E-state index contributed by atoms with van der Waals surface area (Å²) >= 11 is 0. The number of benzene rings is 1. The van der Waals surface area contributed by atoms with Crippen LogP contribution in [0.25, 0.3) is 0 Å². The molecule has 0 bridgehead atoms. The van der Waals surface area contributed by atoms with Crippen LogP contribution in [0.5, 0.6) is 0 Å². The third-order valence-corrected chi connectivity index (χ3v) is 6.48. The number of carbonyl (C=O) groups is 3. The summed E-state index contributed by atoms with van der Waals surface area (Å²) in [4.78, 5) is 38.1. The largest absolute Gasteiger partial charge is 0.444 e. The predicted octanol–water partition coefficient (Wildman–Crippen LogP) is 4.58. The SMILES string of the molecule is CC(C)[C@@H]1CC[C@@H](C)C[C@H]1C(=O)NCC(NC(=O)[C@@H](C)NC(=O)OC(C)(C)C)c1ccccc1. The molecule has 1 aliphatic rings. The average Bonchev–Trinajstić information content (AvgIpc) is 2.75. The van der Waals surface area contributed by atoms with Gasteiger partial charge in [0.25, 0.3) is 0 Å². The van der Waals surface area contributed by atoms with E-state index in [1.54, 1.807) is 27.7 Å². The Kier molecular flexibility index (Phi) is 9.95. The number of hydrogen-bond acceptors (Lipinski definition) is 4. The van der Waals surface area contributed by atoms with Gasteiger partial charge in [-0.05, 0) is 63.9 Å². The van der Waals surface area contributed by atoms with Crippen molar-refractivity contribution in [2.45, 2.75) is 85.4 Å². The van der Waals surface area contributed by atoms with E-state index in [1.165, 1.54) is 0 Å². The standard InChI is InChI=1S/C27H43N3O4/c1-17(2)21-14-13-18(3)15-22(21)25(32)28-16-23(20-11-9-8-10-12-20)30-24(31)19(4)29-26(33)34-27(5,6)7/h8-12,17-19,21-23H,13-16H2,1-7H3,(H,28,32)(H,29,33)(H,30,31)/t18-,19-,21+,22-,23?/m1/s1. The fraction of sp³-hybridized carbons (Fsp3) is 0.667. The van der Waals surface area contributed by atoms with Gasteiger partial charge in [-0.15, -0.1) is 0 Å². The zero-order valence-corrected chi connectivity index (χ0v) is 21.8. The van der Waals surface area contributed by atoms with E-state index in [2.05, 4.69) is 36.7 Å². The minimum atomic E-state index is -0.790. The van der Waals surface area contributed by atoms with Gasteiger partial charge in [0.2, 0.25) is 11.8 Å². The first kappa shape index (κ1) is 27.7. The monoisotopic (exact) mass is 473 g/mol. The summed E-state index contributed by atoms with van der Waals surface area (Å²) in [5.41, 5.74) is 0.236. The minimum absolute atomic E-state index is 0.0105. The number of hydrogen-bond donors (Lipinski definition) is 3. The van der Waals surface area contributed by atoms with Crippen LogP contribution in [0.4, 0.5) is 4.79 Å². The van der Waals surface area contributed by atoms with Crippen molar-refractivity contribution in [3.8, 4) is 0 Å². The van der Waals surface area contributed by atoms with E-state index in [-0.39, 0.29) is 24.3 Å². The second kappa shape index (κ2) is 12.2. The van der Waals surface area contributed by atoms with Gasteiger partial charge in [-0.1, -0.05) is 57.5 Å². The van der Waals surface area contributed by atoms with Gasteiger partial charge in [0.1, 0.15) is 11.6 Å². The minimum Gasteiger partial charge on any atom is -0.444 e. The summed E-state index contributed by atoms with van der Waals surface area (Å²) in [6.07, 6.45) is 2.49. The number of ether oxygens (including phenoxy) is 1. The summed E-state index contributed by atoms with van der Waals surface area (Å²) in [6, 6.07) is 8.34. The highest BCUT2D eigenvalue weighted by Crippen LogP contribution is 2.38. The van der Waals surface area contributed by atoms with Crippen molar-refractivity contribution < 1.29 is 19.1 Å². The molecule has 1 fully saturated rings. The first-order valence-corrected chi connectivity index (χ1v) is 12.5. The fourth-order valence-electron chi connectivity index (χ4n) is 4.62. The molecule has 1 aromatic carbocycles. The van der Waals surface area contributed by atoms with E-state index in [9.17, 15) is 14.4 Å². The van der Waals surface area contributed by atoms with E-state index >= 15 is 0 Å². The Morgan fingerprint density at radius 1 is 1.03 bits per heavy atom. The van der Waals surface area contributed by atoms with Crippen LogP contribution in [0.3, 0.4) is 0 Å². The topological polar surface area (TPSA) is 96.5 Å². The molecule has 0 saturated heterocycles. The number of amides is 3. The Hall–Kier alpha value is -2.57. The number of carbonyl (C=O) groups excluding carboxylic acids is 3. The van der Waals surface area contributed by atoms with Crippen molar-refractivity contribution >= 4 is 17.9 Å². The lowest BCUT2D eigenvalue weighted by Crippen LogP contribution is -2.49. The average molecular weight is 474 g/mol. The van der Waals surface area contributed by atoms with Gasteiger partial charge in [-0.25, -0.2) is 4.79 Å². The Balaban J connectivity index is 2.05. The van der Waals surface area contributed by atoms with E-state index < -0.39 is 23.8 Å². The van der Waals surface area contributed by atoms with Gasteiger partial charge in [0, 0.05) is 12.5 Å². The maximum absolute atomic E-state index is 13.2. The summed E-state index contributed by atoms with van der Waals surface area (Å²) in [5, 5.41) is 8.66. The van der Waals surface area contributed by atoms with Crippen molar-refractivity contribution in [1.29, 1.82) is 0 Å². The molecule has 0 radical (unpaired) electrons. The van der Waals surface area contributed by atoms with Crippen LogP contribution in [-0.2, 0) is 14.3 Å². The van der Waals surface area contributed by atoms with Gasteiger partial charge in [0.05, 0.1) is 6.04 Å². The van der Waals surface area contributed by atoms with Crippen molar-refractivity contribution in [3.05, 3.63) is 35.9 Å². The molecule has 0 aliphatic heterocycles. The van der Waals surface area contributed by atoms with E-state index in [0.29, 0.717) is 17.8 Å². The van der Waals surface area contributed by atoms with Crippen LogP contribution >= 0.6 is 0 Å². The number of alkyl carbamates (subject to hydrolysis) is 1. The first-order chi connectivity index (χ1) is 15.9. The Bertz CT molecular complexity index is 819. The molecule has 34 heavy (non-hydrogen) atoms. The molecule has 0 spiro atoms. The highest BCUT2D eigenvalue weighted by Gasteiger charge is 2.35. The maximum atomic E-state index is 13.2. The van der Waals surface area contributed by atoms with Crippen LogP contribution in [-0.4, -0.2) is 36.1 Å². The number of nitrogens with one attached hydrogen (secondary N) is 3. The molecule has 0 aromatic heterocycles. The molecule has 7 nitrogen and oxygen atoms in total. The molecule has 0 heterocycles. The van der Waals surface area contributed by atoms with Gasteiger partial charge in [0.15, 0.2) is 0 Å². The van der Waals surface area contributed by atoms with Crippen molar-refractivity contribution in [3.63, 3.8) is 0 Å². The normalized spacial score (nSPS) is 22.4. The molecule has 1 unspecified atom stereocenters. The summed E-state index contributed by atoms with van der Waals surface area (Å²) in [7, 11) is 0. The molecule has 1 aromatic rings. The summed E-state index contributed by atoms with van der Waals surface area (Å²) in [5.74, 6) is 1.06. The highest BCUT2D eigenvalue weighted by atomic mass is 16.6. The third-order valence-electron chi connectivity index (χ3n) is 6.48. The molecule has 5 atom stereocenters. The van der Waals surface area contributed by atoms with Crippen LogP contribution in [0.15, 0.2) is 30.3 Å². The maximum Gasteiger partial charge on any atom is 0.408 e. The van der Waals surface area contributed by atoms with Gasteiger partial charge < -0.3 is 20.7 Å². The van der Waals surface area contributed by atoms with Gasteiger partial charge in [-0.2, -0.15) is 0 Å². The molecule has 2 rings (SSSR count).